The molecule has 3 heteroatoms. The molecule has 0 radical (unpaired) electrons. The van der Waals surface area contributed by atoms with Gasteiger partial charge >= 0.3 is 0 Å². The third kappa shape index (κ3) is 3.74. The molecule has 1 aromatic rings. The molecule has 0 spiro atoms. The van der Waals surface area contributed by atoms with Gasteiger partial charge in [-0.1, -0.05) is 52.0 Å². The van der Waals surface area contributed by atoms with Gasteiger partial charge in [-0.25, -0.2) is 0 Å². The average molecular weight is 292 g/mol. The number of hydrogen-bond acceptors (Lipinski definition) is 2. The average Bonchev–Trinajstić information content (AvgIpc) is 2.36. The molecule has 0 heterocycles. The van der Waals surface area contributed by atoms with Crippen molar-refractivity contribution in [2.24, 2.45) is 5.92 Å². The van der Waals surface area contributed by atoms with Crippen LogP contribution in [0.25, 0.3) is 0 Å². The van der Waals surface area contributed by atoms with Crippen molar-refractivity contribution < 1.29 is 9.53 Å². The lowest BCUT2D eigenvalue weighted by Gasteiger charge is -2.37. The Morgan fingerprint density at radius 2 is 1.80 bits per heavy atom. The fourth-order valence-electron chi connectivity index (χ4n) is 1.66. The van der Waals surface area contributed by atoms with Crippen molar-refractivity contribution in [2.75, 3.05) is 0 Å². The fraction of sp³-hybridized carbons (Fsp3) is 0.529. The number of aliphatic hydroxyl groups excluding tert-OH is 1. The molecule has 0 fully saturated rings. The van der Waals surface area contributed by atoms with Crippen LogP contribution in [0.5, 0.6) is 5.75 Å². The number of hydrogen-bond donors (Lipinski definition) is 1. The maximum absolute atomic E-state index is 10.4. The van der Waals surface area contributed by atoms with E-state index in [0.717, 1.165) is 11.3 Å². The zero-order valence-electron chi connectivity index (χ0n) is 13.6. The van der Waals surface area contributed by atoms with E-state index in [-0.39, 0.29) is 11.0 Å². The first-order chi connectivity index (χ1) is 9.10. The Morgan fingerprint density at radius 1 is 1.25 bits per heavy atom. The minimum absolute atomic E-state index is 0.000773. The molecular weight excluding hydrogens is 264 g/mol. The SMILES string of the molecule is C=C[C@H](C)[C@@H](O)c1ccccc1O[Si](C)(C)C(C)(C)C. The first-order valence-electron chi connectivity index (χ1n) is 7.18. The highest BCUT2D eigenvalue weighted by atomic mass is 28.4. The zero-order chi connectivity index (χ0) is 15.6. The first-order valence-corrected chi connectivity index (χ1v) is 10.1. The van der Waals surface area contributed by atoms with Gasteiger partial charge in [0.25, 0.3) is 0 Å². The van der Waals surface area contributed by atoms with Gasteiger partial charge < -0.3 is 9.53 Å². The van der Waals surface area contributed by atoms with Crippen LogP contribution in [0.3, 0.4) is 0 Å². The van der Waals surface area contributed by atoms with Gasteiger partial charge in [-0.05, 0) is 24.2 Å². The smallest absolute Gasteiger partial charge is 0.250 e. The summed E-state index contributed by atoms with van der Waals surface area (Å²) in [5.74, 6) is 0.805. The summed E-state index contributed by atoms with van der Waals surface area (Å²) >= 11 is 0. The highest BCUT2D eigenvalue weighted by molar-refractivity contribution is 6.74. The van der Waals surface area contributed by atoms with Crippen molar-refractivity contribution >= 4 is 8.32 Å². The molecule has 1 N–H and O–H groups in total. The maximum Gasteiger partial charge on any atom is 0.250 e. The minimum Gasteiger partial charge on any atom is -0.543 e. The van der Waals surface area contributed by atoms with Crippen LogP contribution in [0.15, 0.2) is 36.9 Å². The Morgan fingerprint density at radius 3 is 2.30 bits per heavy atom. The van der Waals surface area contributed by atoms with E-state index in [9.17, 15) is 5.11 Å². The molecule has 0 aliphatic rings. The lowest BCUT2D eigenvalue weighted by atomic mass is 9.97. The van der Waals surface area contributed by atoms with E-state index in [4.69, 9.17) is 4.43 Å². The van der Waals surface area contributed by atoms with E-state index in [1.165, 1.54) is 0 Å². The van der Waals surface area contributed by atoms with E-state index < -0.39 is 14.4 Å². The van der Waals surface area contributed by atoms with Crippen LogP contribution >= 0.6 is 0 Å². The minimum atomic E-state index is -1.90. The lowest BCUT2D eigenvalue weighted by molar-refractivity contribution is 0.137. The Hall–Kier alpha value is -1.06. The molecule has 112 valence electrons. The van der Waals surface area contributed by atoms with Gasteiger partial charge in [0.2, 0.25) is 8.32 Å². The molecular formula is C17H28O2Si. The van der Waals surface area contributed by atoms with Crippen LogP contribution in [0.1, 0.15) is 39.4 Å². The summed E-state index contributed by atoms with van der Waals surface area (Å²) in [6, 6.07) is 7.78. The van der Waals surface area contributed by atoms with Crippen LogP contribution in [0, 0.1) is 5.92 Å². The number of rotatable bonds is 5. The third-order valence-electron chi connectivity index (χ3n) is 4.28. The molecule has 1 rings (SSSR count). The second-order valence-electron chi connectivity index (χ2n) is 6.94. The van der Waals surface area contributed by atoms with Crippen molar-refractivity contribution in [1.82, 2.24) is 0 Å². The van der Waals surface area contributed by atoms with Crippen molar-refractivity contribution in [3.8, 4) is 5.75 Å². The van der Waals surface area contributed by atoms with Crippen LogP contribution in [0.2, 0.25) is 18.1 Å². The Kier molecular flexibility index (Phi) is 5.22. The Balaban J connectivity index is 3.12. The van der Waals surface area contributed by atoms with Crippen molar-refractivity contribution in [2.45, 2.75) is 51.9 Å². The predicted molar refractivity (Wildman–Crippen MR) is 88.6 cm³/mol. The summed E-state index contributed by atoms with van der Waals surface area (Å²) in [6.07, 6.45) is 1.20. The number of para-hydroxylation sites is 1. The normalized spacial score (nSPS) is 15.6. The molecule has 2 atom stereocenters. The summed E-state index contributed by atoms with van der Waals surface area (Å²) in [7, 11) is -1.90. The van der Waals surface area contributed by atoms with Gasteiger partial charge in [-0.15, -0.1) is 6.58 Å². The molecule has 0 saturated heterocycles. The monoisotopic (exact) mass is 292 g/mol. The highest BCUT2D eigenvalue weighted by Crippen LogP contribution is 2.39. The van der Waals surface area contributed by atoms with Crippen LogP contribution in [0.4, 0.5) is 0 Å². The molecule has 0 aliphatic carbocycles. The fourth-order valence-corrected chi connectivity index (χ4v) is 2.70. The molecule has 0 amide bonds. The molecule has 0 saturated carbocycles. The molecule has 0 bridgehead atoms. The van der Waals surface area contributed by atoms with Crippen LogP contribution < -0.4 is 4.43 Å². The second kappa shape index (κ2) is 6.14. The van der Waals surface area contributed by atoms with Crippen LogP contribution in [-0.2, 0) is 0 Å². The van der Waals surface area contributed by atoms with Crippen molar-refractivity contribution in [1.29, 1.82) is 0 Å². The van der Waals surface area contributed by atoms with Gasteiger partial charge in [0.05, 0.1) is 6.10 Å². The Bertz CT molecular complexity index is 460. The number of benzene rings is 1. The van der Waals surface area contributed by atoms with Crippen molar-refractivity contribution in [3.05, 3.63) is 42.5 Å². The van der Waals surface area contributed by atoms with E-state index in [0.29, 0.717) is 0 Å². The van der Waals surface area contributed by atoms with E-state index in [1.54, 1.807) is 6.08 Å². The van der Waals surface area contributed by atoms with E-state index in [2.05, 4.69) is 40.4 Å². The van der Waals surface area contributed by atoms with Gasteiger partial charge in [0.15, 0.2) is 0 Å². The zero-order valence-corrected chi connectivity index (χ0v) is 14.6. The predicted octanol–water partition coefficient (Wildman–Crippen LogP) is 4.93. The van der Waals surface area contributed by atoms with Gasteiger partial charge in [-0.3, -0.25) is 0 Å². The van der Waals surface area contributed by atoms with E-state index >= 15 is 0 Å². The summed E-state index contributed by atoms with van der Waals surface area (Å²) in [5, 5.41) is 10.6. The Labute approximate surface area is 124 Å². The number of aliphatic hydroxyl groups is 1. The molecule has 2 nitrogen and oxygen atoms in total. The highest BCUT2D eigenvalue weighted by Gasteiger charge is 2.39. The molecule has 0 unspecified atom stereocenters. The first kappa shape index (κ1) is 17.0. The standard InChI is InChI=1S/C17H28O2Si/c1-8-13(2)16(18)14-11-9-10-12-15(14)19-20(6,7)17(3,4)5/h8-13,16,18H,1H2,2-7H3/t13-,16+/m0/s1. The van der Waals surface area contributed by atoms with Gasteiger partial charge in [0.1, 0.15) is 5.75 Å². The van der Waals surface area contributed by atoms with Crippen LogP contribution in [-0.4, -0.2) is 13.4 Å². The van der Waals surface area contributed by atoms with Gasteiger partial charge in [-0.2, -0.15) is 0 Å². The summed E-state index contributed by atoms with van der Waals surface area (Å²) in [6.45, 7) is 16.8. The van der Waals surface area contributed by atoms with E-state index in [1.807, 2.05) is 31.2 Å². The topological polar surface area (TPSA) is 29.5 Å². The van der Waals surface area contributed by atoms with Gasteiger partial charge in [0, 0.05) is 11.5 Å². The molecule has 20 heavy (non-hydrogen) atoms. The largest absolute Gasteiger partial charge is 0.543 e. The third-order valence-corrected chi connectivity index (χ3v) is 8.62. The molecule has 1 aromatic carbocycles. The summed E-state index contributed by atoms with van der Waals surface area (Å²) in [4.78, 5) is 0. The quantitative estimate of drug-likeness (QED) is 0.616. The summed E-state index contributed by atoms with van der Waals surface area (Å²) < 4.78 is 6.36. The second-order valence-corrected chi connectivity index (χ2v) is 11.7. The molecule has 0 aromatic heterocycles. The van der Waals surface area contributed by atoms with Crippen molar-refractivity contribution in [3.63, 3.8) is 0 Å². The molecule has 0 aliphatic heterocycles. The maximum atomic E-state index is 10.4. The lowest BCUT2D eigenvalue weighted by Crippen LogP contribution is -2.44. The summed E-state index contributed by atoms with van der Waals surface area (Å²) in [5.41, 5.74) is 0.852.